The molecule has 0 bridgehead atoms. The zero-order valence-corrected chi connectivity index (χ0v) is 14.3. The highest BCUT2D eigenvalue weighted by atomic mass is 35.5. The number of rotatable bonds is 1. The third-order valence-corrected chi connectivity index (χ3v) is 5.47. The summed E-state index contributed by atoms with van der Waals surface area (Å²) in [7, 11) is 0. The first-order chi connectivity index (χ1) is 11.0. The number of fused-ring (bicyclic) bond motifs is 4. The van der Waals surface area contributed by atoms with Gasteiger partial charge in [0.25, 0.3) is 0 Å². The molecule has 3 nitrogen and oxygen atoms in total. The van der Waals surface area contributed by atoms with Gasteiger partial charge >= 0.3 is 0 Å². The summed E-state index contributed by atoms with van der Waals surface area (Å²) < 4.78 is 12.1. The molecule has 118 valence electrons. The Morgan fingerprint density at radius 3 is 2.96 bits per heavy atom. The minimum Gasteiger partial charge on any atom is -0.478 e. The van der Waals surface area contributed by atoms with Gasteiger partial charge < -0.3 is 9.15 Å². The van der Waals surface area contributed by atoms with Crippen LogP contribution in [0.5, 0.6) is 5.75 Å². The number of benzene rings is 1. The van der Waals surface area contributed by atoms with Crippen molar-refractivity contribution in [1.82, 2.24) is 0 Å². The van der Waals surface area contributed by atoms with Gasteiger partial charge in [0.1, 0.15) is 11.7 Å². The van der Waals surface area contributed by atoms with Crippen molar-refractivity contribution in [1.29, 1.82) is 0 Å². The van der Waals surface area contributed by atoms with Crippen LogP contribution < -0.4 is 10.2 Å². The molecule has 0 amide bonds. The quantitative estimate of drug-likeness (QED) is 0.674. The molecule has 0 saturated heterocycles. The van der Waals surface area contributed by atoms with Crippen molar-refractivity contribution in [3.8, 4) is 5.75 Å². The maximum absolute atomic E-state index is 12.9. The van der Waals surface area contributed by atoms with E-state index in [9.17, 15) is 4.79 Å². The van der Waals surface area contributed by atoms with Gasteiger partial charge in [-0.3, -0.25) is 4.79 Å². The van der Waals surface area contributed by atoms with Crippen LogP contribution in [-0.2, 0) is 0 Å². The second-order valence-corrected chi connectivity index (χ2v) is 7.54. The number of halogens is 1. The van der Waals surface area contributed by atoms with Gasteiger partial charge in [0.15, 0.2) is 5.76 Å². The van der Waals surface area contributed by atoms with Gasteiger partial charge in [-0.25, -0.2) is 0 Å². The number of hydrogen-bond donors (Lipinski definition) is 0. The van der Waals surface area contributed by atoms with Crippen molar-refractivity contribution in [2.24, 2.45) is 5.92 Å². The Morgan fingerprint density at radius 1 is 1.35 bits per heavy atom. The maximum atomic E-state index is 12.9. The van der Waals surface area contributed by atoms with Crippen molar-refractivity contribution in [2.45, 2.75) is 25.2 Å². The molecule has 1 aromatic carbocycles. The topological polar surface area (TPSA) is 39.4 Å². The van der Waals surface area contributed by atoms with Crippen LogP contribution in [0.1, 0.15) is 24.9 Å². The predicted molar refractivity (Wildman–Crippen MR) is 94.3 cm³/mol. The predicted octanol–water partition coefficient (Wildman–Crippen LogP) is 5.09. The Kier molecular flexibility index (Phi) is 3.54. The van der Waals surface area contributed by atoms with Crippen molar-refractivity contribution in [3.63, 3.8) is 0 Å². The van der Waals surface area contributed by atoms with Crippen LogP contribution in [0.2, 0.25) is 5.02 Å². The van der Waals surface area contributed by atoms with Gasteiger partial charge in [0.2, 0.25) is 11.2 Å². The molecule has 0 fully saturated rings. The zero-order chi connectivity index (χ0) is 16.1. The number of allylic oxidation sites excluding steroid dienone is 1. The summed E-state index contributed by atoms with van der Waals surface area (Å²) in [5.41, 5.74) is 1.56. The molecule has 0 N–H and O–H groups in total. The van der Waals surface area contributed by atoms with Crippen LogP contribution in [0.4, 0.5) is 0 Å². The van der Waals surface area contributed by atoms with Gasteiger partial charge in [0.05, 0.1) is 10.6 Å². The molecule has 4 rings (SSSR count). The molecule has 23 heavy (non-hydrogen) atoms. The molecule has 3 unspecified atom stereocenters. The van der Waals surface area contributed by atoms with Gasteiger partial charge in [0, 0.05) is 10.9 Å². The highest BCUT2D eigenvalue weighted by molar-refractivity contribution is 8.02. The van der Waals surface area contributed by atoms with Crippen LogP contribution in [0.3, 0.4) is 0 Å². The van der Waals surface area contributed by atoms with E-state index in [-0.39, 0.29) is 22.7 Å². The van der Waals surface area contributed by atoms with Crippen molar-refractivity contribution in [2.75, 3.05) is 0 Å². The number of ether oxygens (including phenoxy) is 1. The fraction of sp³-hybridized carbons (Fsp3) is 0.278. The Balaban J connectivity index is 1.95. The lowest BCUT2D eigenvalue weighted by Crippen LogP contribution is -2.34. The van der Waals surface area contributed by atoms with Crippen molar-refractivity contribution < 1.29 is 9.15 Å². The standard InChI is InChI=1S/C18H15ClO3S/c1-9(2)7-14-11-5-6-23-18(11)17-16(22-14)15(20)12-8-10(19)3-4-13(12)21-17/h3-8,11,14,18H,1-2H3. The van der Waals surface area contributed by atoms with Gasteiger partial charge in [-0.15, -0.1) is 11.8 Å². The molecule has 0 saturated carbocycles. The lowest BCUT2D eigenvalue weighted by molar-refractivity contribution is 0.161. The summed E-state index contributed by atoms with van der Waals surface area (Å²) >= 11 is 7.69. The van der Waals surface area contributed by atoms with E-state index in [1.54, 1.807) is 30.0 Å². The molecular formula is C18H15ClO3S. The summed E-state index contributed by atoms with van der Waals surface area (Å²) in [6.07, 6.45) is 4.05. The van der Waals surface area contributed by atoms with Crippen molar-refractivity contribution >= 4 is 34.3 Å². The minimum atomic E-state index is -0.151. The molecule has 2 aliphatic heterocycles. The minimum absolute atomic E-state index is 0.0760. The first kappa shape index (κ1) is 14.9. The van der Waals surface area contributed by atoms with E-state index in [2.05, 4.69) is 17.6 Å². The second-order valence-electron chi connectivity index (χ2n) is 6.05. The Labute approximate surface area is 143 Å². The van der Waals surface area contributed by atoms with Crippen molar-refractivity contribution in [3.05, 3.63) is 62.3 Å². The SMILES string of the molecule is CC(C)=CC1Oc2c(oc3ccc(Cl)cc3c2=O)C2SC=CC12. The van der Waals surface area contributed by atoms with E-state index >= 15 is 0 Å². The van der Waals surface area contributed by atoms with E-state index in [1.165, 1.54) is 0 Å². The summed E-state index contributed by atoms with van der Waals surface area (Å²) in [4.78, 5) is 12.9. The lowest BCUT2D eigenvalue weighted by Gasteiger charge is -2.32. The van der Waals surface area contributed by atoms with Crippen LogP contribution in [0, 0.1) is 5.92 Å². The molecule has 0 spiro atoms. The van der Waals surface area contributed by atoms with Gasteiger partial charge in [-0.1, -0.05) is 23.3 Å². The summed E-state index contributed by atoms with van der Waals surface area (Å²) in [5.74, 6) is 1.12. The fourth-order valence-corrected chi connectivity index (χ4v) is 4.40. The molecule has 0 radical (unpaired) electrons. The summed E-state index contributed by atoms with van der Waals surface area (Å²) in [5, 5.41) is 3.11. The number of hydrogen-bond acceptors (Lipinski definition) is 4. The van der Waals surface area contributed by atoms with E-state index < -0.39 is 0 Å². The molecule has 1 aromatic heterocycles. The van der Waals surface area contributed by atoms with Crippen LogP contribution >= 0.6 is 23.4 Å². The third kappa shape index (κ3) is 2.41. The first-order valence-corrected chi connectivity index (χ1v) is 8.77. The normalized spacial score (nSPS) is 24.9. The third-order valence-electron chi connectivity index (χ3n) is 4.10. The smallest absolute Gasteiger partial charge is 0.234 e. The highest BCUT2D eigenvalue weighted by Crippen LogP contribution is 2.51. The molecule has 5 heteroatoms. The molecular weight excluding hydrogens is 332 g/mol. The van der Waals surface area contributed by atoms with E-state index in [1.807, 2.05) is 13.8 Å². The second kappa shape index (κ2) is 5.46. The fourth-order valence-electron chi connectivity index (χ4n) is 3.09. The Morgan fingerprint density at radius 2 is 2.17 bits per heavy atom. The first-order valence-electron chi connectivity index (χ1n) is 7.44. The average Bonchev–Trinajstić information content (AvgIpc) is 2.99. The molecule has 0 aliphatic carbocycles. The zero-order valence-electron chi connectivity index (χ0n) is 12.7. The molecule has 3 heterocycles. The highest BCUT2D eigenvalue weighted by Gasteiger charge is 2.42. The largest absolute Gasteiger partial charge is 0.478 e. The molecule has 2 aromatic rings. The number of thioether (sulfide) groups is 1. The van der Waals surface area contributed by atoms with Crippen LogP contribution in [0.15, 0.2) is 50.5 Å². The Bertz CT molecular complexity index is 908. The maximum Gasteiger partial charge on any atom is 0.234 e. The van der Waals surface area contributed by atoms with E-state index in [4.69, 9.17) is 20.8 Å². The monoisotopic (exact) mass is 346 g/mol. The van der Waals surface area contributed by atoms with Gasteiger partial charge in [-0.05, 0) is 43.5 Å². The van der Waals surface area contributed by atoms with Gasteiger partial charge in [-0.2, -0.15) is 0 Å². The average molecular weight is 347 g/mol. The van der Waals surface area contributed by atoms with E-state index in [0.717, 1.165) is 5.57 Å². The molecule has 2 aliphatic rings. The van der Waals surface area contributed by atoms with Crippen LogP contribution in [0.25, 0.3) is 11.0 Å². The Hall–Kier alpha value is -1.65. The summed E-state index contributed by atoms with van der Waals surface area (Å²) in [6.45, 7) is 4.06. The van der Waals surface area contributed by atoms with Crippen LogP contribution in [-0.4, -0.2) is 6.10 Å². The lowest BCUT2D eigenvalue weighted by atomic mass is 9.92. The molecule has 3 atom stereocenters. The van der Waals surface area contributed by atoms with E-state index in [0.29, 0.717) is 27.5 Å². The summed E-state index contributed by atoms with van der Waals surface area (Å²) in [6, 6.07) is 5.10.